The van der Waals surface area contributed by atoms with Gasteiger partial charge in [-0.1, -0.05) is 30.3 Å². The molecule has 0 spiro atoms. The smallest absolute Gasteiger partial charge is 0.318 e. The lowest BCUT2D eigenvalue weighted by Crippen LogP contribution is -2.43. The van der Waals surface area contributed by atoms with Crippen LogP contribution in [-0.4, -0.2) is 23.9 Å². The number of imide groups is 1. The molecular formula is C15H16BrN3O2S. The summed E-state index contributed by atoms with van der Waals surface area (Å²) in [4.78, 5) is 26.3. The van der Waals surface area contributed by atoms with Crippen LogP contribution in [0, 0.1) is 0 Å². The third-order valence-corrected chi connectivity index (χ3v) is 4.69. The fourth-order valence-corrected chi connectivity index (χ4v) is 3.75. The number of hydrogen-bond donors (Lipinski definition) is 2. The molecule has 2 rings (SSSR count). The lowest BCUT2D eigenvalue weighted by Gasteiger charge is -2.26. The van der Waals surface area contributed by atoms with Crippen molar-refractivity contribution < 1.29 is 9.59 Å². The molecule has 3 N–H and O–H groups in total. The van der Waals surface area contributed by atoms with E-state index in [-0.39, 0.29) is 0 Å². The number of benzene rings is 1. The van der Waals surface area contributed by atoms with E-state index in [0.717, 1.165) is 14.2 Å². The predicted octanol–water partition coefficient (Wildman–Crippen LogP) is 2.88. The number of nitrogens with two attached hydrogens (primary N) is 1. The van der Waals surface area contributed by atoms with E-state index in [0.29, 0.717) is 6.54 Å². The number of halogens is 1. The van der Waals surface area contributed by atoms with Crippen LogP contribution in [0.4, 0.5) is 4.79 Å². The van der Waals surface area contributed by atoms with E-state index in [1.54, 1.807) is 11.3 Å². The van der Waals surface area contributed by atoms with E-state index in [1.165, 1.54) is 0 Å². The molecule has 1 atom stereocenters. The first-order valence-corrected chi connectivity index (χ1v) is 8.18. The van der Waals surface area contributed by atoms with Crippen molar-refractivity contribution in [1.29, 1.82) is 0 Å². The fourth-order valence-electron chi connectivity index (χ4n) is 2.20. The van der Waals surface area contributed by atoms with Gasteiger partial charge in [-0.15, -0.1) is 11.3 Å². The minimum Gasteiger partial charge on any atom is -0.351 e. The predicted molar refractivity (Wildman–Crippen MR) is 90.4 cm³/mol. The first-order valence-electron chi connectivity index (χ1n) is 6.57. The SMILES string of the molecule is CN(Cc1ccc(Br)s1)[C@H](C(=O)NC(N)=O)c1ccccc1. The molecule has 1 aromatic carbocycles. The Kier molecular flexibility index (Phi) is 5.70. The molecular weight excluding hydrogens is 366 g/mol. The molecule has 3 amide bonds. The van der Waals surface area contributed by atoms with Crippen molar-refractivity contribution >= 4 is 39.2 Å². The van der Waals surface area contributed by atoms with Gasteiger partial charge in [-0.3, -0.25) is 15.0 Å². The molecule has 0 saturated carbocycles. The number of carbonyl (C=O) groups is 2. The minimum absolute atomic E-state index is 0.433. The molecule has 1 heterocycles. The van der Waals surface area contributed by atoms with Crippen molar-refractivity contribution in [1.82, 2.24) is 10.2 Å². The Labute approximate surface area is 141 Å². The van der Waals surface area contributed by atoms with Crippen LogP contribution >= 0.6 is 27.3 Å². The Hall–Kier alpha value is -1.70. The second-order valence-corrected chi connectivity index (χ2v) is 7.34. The first-order chi connectivity index (χ1) is 10.5. The van der Waals surface area contributed by atoms with Crippen molar-refractivity contribution in [3.05, 3.63) is 56.7 Å². The van der Waals surface area contributed by atoms with E-state index >= 15 is 0 Å². The maximum Gasteiger partial charge on any atom is 0.318 e. The number of nitrogens with one attached hydrogen (secondary N) is 1. The van der Waals surface area contributed by atoms with Crippen molar-refractivity contribution in [3.63, 3.8) is 0 Å². The van der Waals surface area contributed by atoms with Crippen LogP contribution in [0.25, 0.3) is 0 Å². The molecule has 5 nitrogen and oxygen atoms in total. The van der Waals surface area contributed by atoms with Crippen LogP contribution in [0.15, 0.2) is 46.3 Å². The molecule has 0 aliphatic heterocycles. The van der Waals surface area contributed by atoms with Gasteiger partial charge in [-0.05, 0) is 40.7 Å². The number of urea groups is 1. The van der Waals surface area contributed by atoms with Crippen LogP contribution in [0.3, 0.4) is 0 Å². The molecule has 7 heteroatoms. The number of thiophene rings is 1. The number of nitrogens with zero attached hydrogens (tertiary/aromatic N) is 1. The molecule has 0 aliphatic carbocycles. The number of hydrogen-bond acceptors (Lipinski definition) is 4. The fraction of sp³-hybridized carbons (Fsp3) is 0.200. The number of carbonyl (C=O) groups excluding carboxylic acids is 2. The highest BCUT2D eigenvalue weighted by molar-refractivity contribution is 9.11. The molecule has 0 saturated heterocycles. The van der Waals surface area contributed by atoms with E-state index in [1.807, 2.05) is 54.4 Å². The van der Waals surface area contributed by atoms with Crippen molar-refractivity contribution in [3.8, 4) is 0 Å². The van der Waals surface area contributed by atoms with Gasteiger partial charge in [0, 0.05) is 11.4 Å². The van der Waals surface area contributed by atoms with Crippen LogP contribution in [-0.2, 0) is 11.3 Å². The summed E-state index contributed by atoms with van der Waals surface area (Å²) >= 11 is 5.03. The Balaban J connectivity index is 2.23. The van der Waals surface area contributed by atoms with Crippen molar-refractivity contribution in [2.45, 2.75) is 12.6 Å². The second kappa shape index (κ2) is 7.53. The lowest BCUT2D eigenvalue weighted by atomic mass is 10.0. The van der Waals surface area contributed by atoms with Crippen molar-refractivity contribution in [2.75, 3.05) is 7.05 Å². The first kappa shape index (κ1) is 16.7. The van der Waals surface area contributed by atoms with E-state index in [9.17, 15) is 9.59 Å². The molecule has 0 fully saturated rings. The molecule has 0 aliphatic rings. The van der Waals surface area contributed by atoms with Gasteiger partial charge in [0.1, 0.15) is 6.04 Å². The number of amides is 3. The van der Waals surface area contributed by atoms with E-state index in [4.69, 9.17) is 5.73 Å². The van der Waals surface area contributed by atoms with Crippen LogP contribution in [0.5, 0.6) is 0 Å². The zero-order valence-corrected chi connectivity index (χ0v) is 14.4. The number of likely N-dealkylation sites (N-methyl/N-ethyl adjacent to an activating group) is 1. The Bertz CT molecular complexity index is 660. The van der Waals surface area contributed by atoms with Gasteiger partial charge in [-0.2, -0.15) is 0 Å². The van der Waals surface area contributed by atoms with Gasteiger partial charge >= 0.3 is 6.03 Å². The Morgan fingerprint density at radius 3 is 2.50 bits per heavy atom. The zero-order valence-electron chi connectivity index (χ0n) is 12.0. The van der Waals surface area contributed by atoms with Crippen LogP contribution in [0.1, 0.15) is 16.5 Å². The largest absolute Gasteiger partial charge is 0.351 e. The molecule has 1 aromatic heterocycles. The Morgan fingerprint density at radius 2 is 1.95 bits per heavy atom. The second-order valence-electron chi connectivity index (χ2n) is 4.79. The third-order valence-electron chi connectivity index (χ3n) is 3.08. The summed E-state index contributed by atoms with van der Waals surface area (Å²) in [5, 5.41) is 2.17. The highest BCUT2D eigenvalue weighted by Gasteiger charge is 2.26. The molecule has 0 bridgehead atoms. The number of primary amides is 1. The summed E-state index contributed by atoms with van der Waals surface area (Å²) in [7, 11) is 1.84. The minimum atomic E-state index is -0.849. The average molecular weight is 382 g/mol. The standard InChI is InChI=1S/C15H16BrN3O2S/c1-19(9-11-7-8-12(16)22-11)13(14(20)18-15(17)21)10-5-3-2-4-6-10/h2-8,13H,9H2,1H3,(H3,17,18,20,21)/t13-/m0/s1. The average Bonchev–Trinajstić information content (AvgIpc) is 2.84. The molecule has 2 aromatic rings. The monoisotopic (exact) mass is 381 g/mol. The molecule has 0 unspecified atom stereocenters. The molecule has 116 valence electrons. The van der Waals surface area contributed by atoms with Gasteiger partial charge in [0.25, 0.3) is 0 Å². The van der Waals surface area contributed by atoms with Gasteiger partial charge < -0.3 is 5.73 Å². The Morgan fingerprint density at radius 1 is 1.27 bits per heavy atom. The molecule has 22 heavy (non-hydrogen) atoms. The maximum absolute atomic E-state index is 12.3. The number of rotatable bonds is 5. The highest BCUT2D eigenvalue weighted by atomic mass is 79.9. The molecule has 0 radical (unpaired) electrons. The summed E-state index contributed by atoms with van der Waals surface area (Å²) < 4.78 is 1.04. The normalized spacial score (nSPS) is 12.1. The summed E-state index contributed by atoms with van der Waals surface area (Å²) in [5.74, 6) is -0.433. The van der Waals surface area contributed by atoms with Crippen LogP contribution in [0.2, 0.25) is 0 Å². The van der Waals surface area contributed by atoms with Crippen molar-refractivity contribution in [2.24, 2.45) is 5.73 Å². The third kappa shape index (κ3) is 4.40. The summed E-state index contributed by atoms with van der Waals surface area (Å²) in [6.07, 6.45) is 0. The van der Waals surface area contributed by atoms with Gasteiger partial charge in [0.15, 0.2) is 0 Å². The highest BCUT2D eigenvalue weighted by Crippen LogP contribution is 2.26. The topological polar surface area (TPSA) is 75.4 Å². The zero-order chi connectivity index (χ0) is 16.1. The van der Waals surface area contributed by atoms with Gasteiger partial charge in [0.05, 0.1) is 3.79 Å². The van der Waals surface area contributed by atoms with E-state index in [2.05, 4.69) is 21.2 Å². The summed E-state index contributed by atoms with van der Waals surface area (Å²) in [6, 6.07) is 11.8. The van der Waals surface area contributed by atoms with Gasteiger partial charge in [-0.25, -0.2) is 4.79 Å². The lowest BCUT2D eigenvalue weighted by molar-refractivity contribution is -0.125. The van der Waals surface area contributed by atoms with Gasteiger partial charge in [0.2, 0.25) is 5.91 Å². The summed E-state index contributed by atoms with van der Waals surface area (Å²) in [5.41, 5.74) is 5.88. The van der Waals surface area contributed by atoms with E-state index < -0.39 is 18.0 Å². The quantitative estimate of drug-likeness (QED) is 0.835. The summed E-state index contributed by atoms with van der Waals surface area (Å²) in [6.45, 7) is 0.585. The maximum atomic E-state index is 12.3. The van der Waals surface area contributed by atoms with Crippen LogP contribution < -0.4 is 11.1 Å².